The summed E-state index contributed by atoms with van der Waals surface area (Å²) in [5, 5.41) is 6.19. The molecular weight excluding hydrogens is 542 g/mol. The molecule has 4 N–H and O–H groups in total. The fourth-order valence-corrected chi connectivity index (χ4v) is 6.11. The second-order valence-electron chi connectivity index (χ2n) is 11.7. The van der Waals surface area contributed by atoms with E-state index in [9.17, 15) is 9.59 Å². The number of likely N-dealkylation sites (tertiary alicyclic amines) is 1. The third-order valence-corrected chi connectivity index (χ3v) is 8.55. The molecule has 1 unspecified atom stereocenters. The van der Waals surface area contributed by atoms with Gasteiger partial charge in [-0.3, -0.25) is 4.79 Å². The third kappa shape index (κ3) is 6.06. The summed E-state index contributed by atoms with van der Waals surface area (Å²) in [4.78, 5) is 43.3. The minimum absolute atomic E-state index is 0.0767. The molecule has 0 radical (unpaired) electrons. The van der Waals surface area contributed by atoms with E-state index in [0.29, 0.717) is 12.6 Å². The Labute approximate surface area is 251 Å². The van der Waals surface area contributed by atoms with Gasteiger partial charge in [0.05, 0.1) is 43.0 Å². The van der Waals surface area contributed by atoms with E-state index in [4.69, 9.17) is 4.74 Å². The fraction of sp³-hybridized carbons (Fsp3) is 0.394. The molecule has 2 aliphatic heterocycles. The van der Waals surface area contributed by atoms with E-state index in [2.05, 4.69) is 79.1 Å². The fourth-order valence-electron chi connectivity index (χ4n) is 6.11. The molecule has 10 nitrogen and oxygen atoms in total. The number of aromatic nitrogens is 4. The van der Waals surface area contributed by atoms with Crippen molar-refractivity contribution in [2.75, 3.05) is 20.2 Å². The Bertz CT molecular complexity index is 1550. The minimum Gasteiger partial charge on any atom is -0.453 e. The lowest BCUT2D eigenvalue weighted by Gasteiger charge is -2.30. The number of amides is 2. The van der Waals surface area contributed by atoms with Crippen LogP contribution in [0.2, 0.25) is 0 Å². The number of rotatable bonds is 8. The van der Waals surface area contributed by atoms with Crippen LogP contribution in [0.4, 0.5) is 4.79 Å². The first kappa shape index (κ1) is 28.7. The first-order chi connectivity index (χ1) is 20.9. The van der Waals surface area contributed by atoms with Gasteiger partial charge in [0.15, 0.2) is 0 Å². The zero-order chi connectivity index (χ0) is 29.9. The highest BCUT2D eigenvalue weighted by atomic mass is 16.5. The largest absolute Gasteiger partial charge is 0.453 e. The van der Waals surface area contributed by atoms with Gasteiger partial charge in [0.2, 0.25) is 5.91 Å². The molecule has 0 spiro atoms. The average Bonchev–Trinajstić information content (AvgIpc) is 3.86. The Kier molecular flexibility index (Phi) is 8.29. The number of methoxy groups -OCH3 is 1. The van der Waals surface area contributed by atoms with Gasteiger partial charge >= 0.3 is 6.09 Å². The number of hydrogen-bond acceptors (Lipinski definition) is 6. The zero-order valence-corrected chi connectivity index (χ0v) is 24.9. The molecule has 2 fully saturated rings. The number of nitrogens with zero attached hydrogens (tertiary/aromatic N) is 3. The molecule has 3 atom stereocenters. The summed E-state index contributed by atoms with van der Waals surface area (Å²) in [6, 6.07) is 16.4. The molecule has 2 aromatic carbocycles. The number of nitrogens with one attached hydrogen (secondary N) is 4. The Morgan fingerprint density at radius 1 is 0.860 bits per heavy atom. The van der Waals surface area contributed by atoms with Crippen LogP contribution in [0.25, 0.3) is 33.6 Å². The van der Waals surface area contributed by atoms with Gasteiger partial charge < -0.3 is 30.2 Å². The molecular formula is C33H39N7O3. The number of aromatic amines is 2. The van der Waals surface area contributed by atoms with Crippen molar-refractivity contribution in [1.82, 2.24) is 35.5 Å². The smallest absolute Gasteiger partial charge is 0.407 e. The highest BCUT2D eigenvalue weighted by Gasteiger charge is 2.37. The predicted molar refractivity (Wildman–Crippen MR) is 165 cm³/mol. The summed E-state index contributed by atoms with van der Waals surface area (Å²) in [7, 11) is 1.30. The van der Waals surface area contributed by atoms with E-state index in [1.165, 1.54) is 13.5 Å². The van der Waals surface area contributed by atoms with E-state index in [0.717, 1.165) is 71.1 Å². The maximum atomic E-state index is 13.4. The second kappa shape index (κ2) is 12.4. The van der Waals surface area contributed by atoms with Crippen LogP contribution in [0.15, 0.2) is 60.9 Å². The number of carbonyl (C=O) groups excluding carboxylic acids is 2. The minimum atomic E-state index is -0.657. The van der Waals surface area contributed by atoms with Crippen LogP contribution < -0.4 is 10.6 Å². The SMILES string of the molecule is COC(=O)N[C@H](C(=O)N1CCCC1c1ncc(-c2ccc(-c3ccc(-c4cnc([C@@H]5CCCN5)[nH]4)cc3)cc2)[nH]1)C(C)C. The summed E-state index contributed by atoms with van der Waals surface area (Å²) in [5.74, 6) is 1.57. The van der Waals surface area contributed by atoms with Crippen molar-refractivity contribution in [2.24, 2.45) is 5.92 Å². The molecule has 0 saturated carbocycles. The van der Waals surface area contributed by atoms with Crippen molar-refractivity contribution in [2.45, 2.75) is 57.7 Å². The highest BCUT2D eigenvalue weighted by Crippen LogP contribution is 2.33. The molecule has 2 amide bonds. The third-order valence-electron chi connectivity index (χ3n) is 8.55. The van der Waals surface area contributed by atoms with Crippen molar-refractivity contribution < 1.29 is 14.3 Å². The summed E-state index contributed by atoms with van der Waals surface area (Å²) in [6.07, 6.45) is 7.14. The first-order valence-electron chi connectivity index (χ1n) is 15.1. The van der Waals surface area contributed by atoms with Gasteiger partial charge in [0, 0.05) is 6.54 Å². The topological polar surface area (TPSA) is 128 Å². The van der Waals surface area contributed by atoms with Crippen LogP contribution in [0.3, 0.4) is 0 Å². The molecule has 43 heavy (non-hydrogen) atoms. The van der Waals surface area contributed by atoms with Crippen LogP contribution >= 0.6 is 0 Å². The molecule has 4 aromatic rings. The molecule has 0 bridgehead atoms. The van der Waals surface area contributed by atoms with Gasteiger partial charge in [0.1, 0.15) is 17.7 Å². The molecule has 10 heteroatoms. The van der Waals surface area contributed by atoms with Crippen LogP contribution in [0.1, 0.15) is 63.3 Å². The van der Waals surface area contributed by atoms with Crippen molar-refractivity contribution in [3.63, 3.8) is 0 Å². The molecule has 0 aliphatic carbocycles. The summed E-state index contributed by atoms with van der Waals surface area (Å²) >= 11 is 0. The van der Waals surface area contributed by atoms with Gasteiger partial charge in [-0.25, -0.2) is 14.8 Å². The van der Waals surface area contributed by atoms with Gasteiger partial charge in [-0.15, -0.1) is 0 Å². The van der Waals surface area contributed by atoms with E-state index in [-0.39, 0.29) is 17.9 Å². The van der Waals surface area contributed by atoms with Crippen molar-refractivity contribution in [3.05, 3.63) is 72.6 Å². The Morgan fingerprint density at radius 3 is 2.00 bits per heavy atom. The van der Waals surface area contributed by atoms with Gasteiger partial charge in [-0.1, -0.05) is 62.4 Å². The number of imidazole rings is 2. The van der Waals surface area contributed by atoms with Gasteiger partial charge in [-0.05, 0) is 60.4 Å². The quantitative estimate of drug-likeness (QED) is 0.214. The number of carbonyl (C=O) groups is 2. The molecule has 6 rings (SSSR count). The van der Waals surface area contributed by atoms with Crippen molar-refractivity contribution >= 4 is 12.0 Å². The monoisotopic (exact) mass is 581 g/mol. The summed E-state index contributed by atoms with van der Waals surface area (Å²) in [5.41, 5.74) is 6.33. The van der Waals surface area contributed by atoms with Crippen LogP contribution in [0.5, 0.6) is 0 Å². The standard InChI is InChI=1S/C33H39N7O3/c1-20(2)29(39-33(42)43-3)32(41)40-17-5-7-28(40)31-36-19-27(38-31)24-14-10-22(11-15-24)21-8-12-23(13-9-21)26-18-35-30(37-26)25-6-4-16-34-25/h8-15,18-20,25,28-29,34H,4-7,16-17H2,1-3H3,(H,35,37)(H,36,38)(H,39,42)/t25-,28?,29-/m0/s1. The van der Waals surface area contributed by atoms with Crippen LogP contribution in [0, 0.1) is 5.92 Å². The number of alkyl carbamates (subject to hydrolysis) is 1. The van der Waals surface area contributed by atoms with E-state index in [1.807, 2.05) is 31.1 Å². The zero-order valence-electron chi connectivity index (χ0n) is 24.9. The van der Waals surface area contributed by atoms with Crippen LogP contribution in [-0.4, -0.2) is 63.1 Å². The van der Waals surface area contributed by atoms with Crippen molar-refractivity contribution in [3.8, 4) is 33.6 Å². The highest BCUT2D eigenvalue weighted by molar-refractivity contribution is 5.86. The van der Waals surface area contributed by atoms with E-state index < -0.39 is 12.1 Å². The molecule has 2 aliphatic rings. The van der Waals surface area contributed by atoms with Crippen LogP contribution in [-0.2, 0) is 9.53 Å². The summed E-state index contributed by atoms with van der Waals surface area (Å²) < 4.78 is 4.74. The summed E-state index contributed by atoms with van der Waals surface area (Å²) in [6.45, 7) is 5.50. The molecule has 224 valence electrons. The Balaban J connectivity index is 1.13. The van der Waals surface area contributed by atoms with Crippen molar-refractivity contribution in [1.29, 1.82) is 0 Å². The molecule has 4 heterocycles. The maximum absolute atomic E-state index is 13.4. The number of ether oxygens (including phenoxy) is 1. The first-order valence-corrected chi connectivity index (χ1v) is 15.1. The second-order valence-corrected chi connectivity index (χ2v) is 11.7. The van der Waals surface area contributed by atoms with E-state index in [1.54, 1.807) is 0 Å². The number of H-pyrrole nitrogens is 2. The van der Waals surface area contributed by atoms with E-state index >= 15 is 0 Å². The number of benzene rings is 2. The lowest BCUT2D eigenvalue weighted by Crippen LogP contribution is -2.51. The Hall–Kier alpha value is -4.44. The van der Waals surface area contributed by atoms with Gasteiger partial charge in [-0.2, -0.15) is 0 Å². The average molecular weight is 582 g/mol. The molecule has 2 aromatic heterocycles. The Morgan fingerprint density at radius 2 is 1.44 bits per heavy atom. The maximum Gasteiger partial charge on any atom is 0.407 e. The predicted octanol–water partition coefficient (Wildman–Crippen LogP) is 5.60. The molecule has 2 saturated heterocycles. The lowest BCUT2D eigenvalue weighted by atomic mass is 10.0. The van der Waals surface area contributed by atoms with Gasteiger partial charge in [0.25, 0.3) is 0 Å². The lowest BCUT2D eigenvalue weighted by molar-refractivity contribution is -0.135. The number of hydrogen-bond donors (Lipinski definition) is 4. The normalized spacial score (nSPS) is 19.1.